The lowest BCUT2D eigenvalue weighted by Gasteiger charge is -2.30. The molecule has 0 radical (unpaired) electrons. The van der Waals surface area contributed by atoms with Gasteiger partial charge in [-0.2, -0.15) is 0 Å². The summed E-state index contributed by atoms with van der Waals surface area (Å²) in [4.78, 5) is 59.3. The number of carbonyl (C=O) groups is 5. The number of nitrogens with one attached hydrogen (secondary N) is 3. The van der Waals surface area contributed by atoms with Gasteiger partial charge >= 0.3 is 18.0 Å². The number of rotatable bonds is 11. The van der Waals surface area contributed by atoms with Crippen molar-refractivity contribution < 1.29 is 38.9 Å². The lowest BCUT2D eigenvalue weighted by Crippen LogP contribution is -2.52. The van der Waals surface area contributed by atoms with Crippen LogP contribution in [0.2, 0.25) is 0 Å². The third-order valence-electron chi connectivity index (χ3n) is 5.94. The number of carboxylic acid groups (broad SMARTS) is 2. The van der Waals surface area contributed by atoms with Gasteiger partial charge < -0.3 is 30.9 Å². The van der Waals surface area contributed by atoms with E-state index in [2.05, 4.69) is 16.0 Å². The molecule has 5 N–H and O–H groups in total. The van der Waals surface area contributed by atoms with Gasteiger partial charge in [-0.25, -0.2) is 9.59 Å². The summed E-state index contributed by atoms with van der Waals surface area (Å²) in [5.41, 5.74) is -0.677. The molecule has 0 aromatic carbocycles. The molecule has 0 spiro atoms. The molecule has 11 heteroatoms. The Morgan fingerprint density at radius 3 is 2.06 bits per heavy atom. The molecular weight excluding hydrogens is 446 g/mol. The second-order valence-electron chi connectivity index (χ2n) is 9.97. The van der Waals surface area contributed by atoms with Crippen LogP contribution < -0.4 is 16.0 Å². The average molecular weight is 486 g/mol. The van der Waals surface area contributed by atoms with Gasteiger partial charge in [0.15, 0.2) is 0 Å². The SMILES string of the molecule is CC[C@H](C)[C@H](NC(=O)OC(C)(C)C)C(=O)NCC1CCC(C(=O)N[C@@H](CC(=O)O)C(=O)O)CC1. The number of amides is 3. The van der Waals surface area contributed by atoms with Gasteiger partial charge in [-0.3, -0.25) is 14.4 Å². The van der Waals surface area contributed by atoms with E-state index in [0.717, 1.165) is 0 Å². The number of hydrogen-bond donors (Lipinski definition) is 5. The minimum atomic E-state index is -1.46. The maximum Gasteiger partial charge on any atom is 0.408 e. The number of carboxylic acids is 2. The quantitative estimate of drug-likeness (QED) is 0.295. The minimum absolute atomic E-state index is 0.0973. The van der Waals surface area contributed by atoms with Crippen LogP contribution >= 0.6 is 0 Å². The van der Waals surface area contributed by atoms with E-state index in [1.54, 1.807) is 20.8 Å². The topological polar surface area (TPSA) is 171 Å². The molecule has 1 aliphatic rings. The zero-order valence-corrected chi connectivity index (χ0v) is 20.7. The predicted octanol–water partition coefficient (Wildman–Crippen LogP) is 1.89. The molecule has 0 unspecified atom stereocenters. The van der Waals surface area contributed by atoms with E-state index < -0.39 is 54.0 Å². The molecule has 0 heterocycles. The molecule has 0 aliphatic heterocycles. The van der Waals surface area contributed by atoms with Crippen LogP contribution in [-0.4, -0.2) is 64.3 Å². The van der Waals surface area contributed by atoms with Crippen molar-refractivity contribution in [3.8, 4) is 0 Å². The Bertz CT molecular complexity index is 741. The fourth-order valence-corrected chi connectivity index (χ4v) is 3.78. The van der Waals surface area contributed by atoms with Crippen molar-refractivity contribution in [3.05, 3.63) is 0 Å². The van der Waals surface area contributed by atoms with Crippen LogP contribution in [-0.2, 0) is 23.9 Å². The normalized spacial score (nSPS) is 20.9. The van der Waals surface area contributed by atoms with Crippen molar-refractivity contribution in [2.75, 3.05) is 6.54 Å². The summed E-state index contributed by atoms with van der Waals surface area (Å²) in [6.45, 7) is 9.44. The second-order valence-corrected chi connectivity index (χ2v) is 9.97. The van der Waals surface area contributed by atoms with E-state index >= 15 is 0 Å². The zero-order valence-electron chi connectivity index (χ0n) is 20.7. The molecule has 3 atom stereocenters. The van der Waals surface area contributed by atoms with E-state index in [0.29, 0.717) is 38.6 Å². The summed E-state index contributed by atoms with van der Waals surface area (Å²) >= 11 is 0. The maximum absolute atomic E-state index is 12.8. The summed E-state index contributed by atoms with van der Waals surface area (Å²) in [6.07, 6.45) is 1.69. The first-order valence-corrected chi connectivity index (χ1v) is 11.8. The number of carbonyl (C=O) groups excluding carboxylic acids is 3. The molecule has 1 saturated carbocycles. The number of ether oxygens (including phenoxy) is 1. The van der Waals surface area contributed by atoms with Crippen LogP contribution in [0, 0.1) is 17.8 Å². The molecule has 1 aliphatic carbocycles. The molecule has 34 heavy (non-hydrogen) atoms. The van der Waals surface area contributed by atoms with Crippen molar-refractivity contribution in [1.29, 1.82) is 0 Å². The molecule has 1 fully saturated rings. The molecule has 11 nitrogen and oxygen atoms in total. The van der Waals surface area contributed by atoms with E-state index in [-0.39, 0.29) is 17.7 Å². The fourth-order valence-electron chi connectivity index (χ4n) is 3.78. The number of alkyl carbamates (subject to hydrolysis) is 1. The summed E-state index contributed by atoms with van der Waals surface area (Å²) in [5, 5.41) is 25.8. The predicted molar refractivity (Wildman–Crippen MR) is 123 cm³/mol. The first kappa shape index (κ1) is 29.2. The molecule has 1 rings (SSSR count). The number of hydrogen-bond acceptors (Lipinski definition) is 6. The molecule has 3 amide bonds. The first-order chi connectivity index (χ1) is 15.7. The molecule has 0 aromatic heterocycles. The Morgan fingerprint density at radius 2 is 1.59 bits per heavy atom. The van der Waals surface area contributed by atoms with E-state index in [4.69, 9.17) is 14.9 Å². The lowest BCUT2D eigenvalue weighted by atomic mass is 9.81. The standard InChI is InChI=1S/C23H39N3O8/c1-6-13(2)18(26-22(33)34-23(3,4)5)20(30)24-12-14-7-9-15(10-8-14)19(29)25-16(21(31)32)11-17(27)28/h13-16,18H,6-12H2,1-5H3,(H,24,30)(H,25,29)(H,26,33)(H,27,28)(H,31,32)/t13-,14?,15?,16-,18-/m0/s1. The van der Waals surface area contributed by atoms with Gasteiger partial charge in [-0.05, 0) is 58.3 Å². The van der Waals surface area contributed by atoms with Crippen molar-refractivity contribution >= 4 is 29.8 Å². The van der Waals surface area contributed by atoms with Crippen molar-refractivity contribution in [3.63, 3.8) is 0 Å². The van der Waals surface area contributed by atoms with E-state index in [1.165, 1.54) is 0 Å². The molecule has 194 valence electrons. The fraction of sp³-hybridized carbons (Fsp3) is 0.783. The van der Waals surface area contributed by atoms with Crippen LogP contribution in [0.15, 0.2) is 0 Å². The van der Waals surface area contributed by atoms with Crippen LogP contribution in [0.4, 0.5) is 4.79 Å². The Hall–Kier alpha value is -2.85. The second kappa shape index (κ2) is 13.1. The monoisotopic (exact) mass is 485 g/mol. The van der Waals surface area contributed by atoms with Gasteiger partial charge in [0.05, 0.1) is 6.42 Å². The van der Waals surface area contributed by atoms with Gasteiger partial charge in [0.1, 0.15) is 17.7 Å². The van der Waals surface area contributed by atoms with Crippen molar-refractivity contribution in [1.82, 2.24) is 16.0 Å². The summed E-state index contributed by atoms with van der Waals surface area (Å²) < 4.78 is 5.27. The van der Waals surface area contributed by atoms with Crippen LogP contribution in [0.1, 0.15) is 73.1 Å². The molecule has 0 bridgehead atoms. The molecular formula is C23H39N3O8. The van der Waals surface area contributed by atoms with Gasteiger partial charge in [0.25, 0.3) is 0 Å². The van der Waals surface area contributed by atoms with Crippen LogP contribution in [0.5, 0.6) is 0 Å². The maximum atomic E-state index is 12.8. The molecule has 0 aromatic rings. The Labute approximate surface area is 200 Å². The molecule has 0 saturated heterocycles. The highest BCUT2D eigenvalue weighted by atomic mass is 16.6. The van der Waals surface area contributed by atoms with Gasteiger partial charge in [-0.15, -0.1) is 0 Å². The minimum Gasteiger partial charge on any atom is -0.481 e. The van der Waals surface area contributed by atoms with E-state index in [1.807, 2.05) is 13.8 Å². The zero-order chi connectivity index (χ0) is 26.1. The number of aliphatic carboxylic acids is 2. The van der Waals surface area contributed by atoms with Gasteiger partial charge in [0.2, 0.25) is 11.8 Å². The summed E-state index contributed by atoms with van der Waals surface area (Å²) in [5.74, 6) is -3.80. The van der Waals surface area contributed by atoms with Crippen molar-refractivity contribution in [2.45, 2.75) is 90.8 Å². The Morgan fingerprint density at radius 1 is 1.00 bits per heavy atom. The largest absolute Gasteiger partial charge is 0.481 e. The average Bonchev–Trinajstić information content (AvgIpc) is 2.73. The smallest absolute Gasteiger partial charge is 0.408 e. The van der Waals surface area contributed by atoms with Crippen LogP contribution in [0.25, 0.3) is 0 Å². The third kappa shape index (κ3) is 10.4. The Balaban J connectivity index is 2.55. The lowest BCUT2D eigenvalue weighted by molar-refractivity contribution is -0.147. The summed E-state index contributed by atoms with van der Waals surface area (Å²) in [7, 11) is 0. The van der Waals surface area contributed by atoms with Gasteiger partial charge in [-0.1, -0.05) is 20.3 Å². The Kier molecular flexibility index (Phi) is 11.3. The highest BCUT2D eigenvalue weighted by molar-refractivity contribution is 5.88. The van der Waals surface area contributed by atoms with E-state index in [9.17, 15) is 24.0 Å². The summed E-state index contributed by atoms with van der Waals surface area (Å²) in [6, 6.07) is -2.19. The highest BCUT2D eigenvalue weighted by Crippen LogP contribution is 2.28. The van der Waals surface area contributed by atoms with Gasteiger partial charge in [0, 0.05) is 12.5 Å². The van der Waals surface area contributed by atoms with Crippen molar-refractivity contribution in [2.24, 2.45) is 17.8 Å². The first-order valence-electron chi connectivity index (χ1n) is 11.8. The van der Waals surface area contributed by atoms with Crippen LogP contribution in [0.3, 0.4) is 0 Å². The third-order valence-corrected chi connectivity index (χ3v) is 5.94. The highest BCUT2D eigenvalue weighted by Gasteiger charge is 2.32.